The number of fused-ring (bicyclic) bond motifs is 1. The predicted octanol–water partition coefficient (Wildman–Crippen LogP) is 2.91. The molecule has 1 spiro atoms. The molecule has 1 aromatic heterocycles. The van der Waals surface area contributed by atoms with Crippen LogP contribution < -0.4 is 21.0 Å². The van der Waals surface area contributed by atoms with Crippen LogP contribution in [-0.2, 0) is 32.8 Å². The monoisotopic (exact) mass is 578 g/mol. The fourth-order valence-corrected chi connectivity index (χ4v) is 6.89. The average Bonchev–Trinajstić information content (AvgIpc) is 3.60. The summed E-state index contributed by atoms with van der Waals surface area (Å²) in [5, 5.41) is 2.66. The third-order valence-corrected chi connectivity index (χ3v) is 8.86. The van der Waals surface area contributed by atoms with E-state index in [4.69, 9.17) is 33.7 Å². The van der Waals surface area contributed by atoms with Gasteiger partial charge in [-0.05, 0) is 51.8 Å². The molecule has 2 aromatic rings. The maximum absolute atomic E-state index is 14.0. The van der Waals surface area contributed by atoms with E-state index < -0.39 is 55.3 Å². The number of anilines is 1. The summed E-state index contributed by atoms with van der Waals surface area (Å²) in [7, 11) is -4.17. The molecule has 1 saturated carbocycles. The van der Waals surface area contributed by atoms with E-state index in [1.165, 1.54) is 23.8 Å². The van der Waals surface area contributed by atoms with Gasteiger partial charge in [0.05, 0.1) is 13.2 Å². The van der Waals surface area contributed by atoms with E-state index in [0.29, 0.717) is 12.8 Å². The van der Waals surface area contributed by atoms with E-state index in [9.17, 15) is 14.2 Å². The number of ether oxygens (including phenoxy) is 4. The summed E-state index contributed by atoms with van der Waals surface area (Å²) >= 11 is 0. The molecule has 0 bridgehead atoms. The van der Waals surface area contributed by atoms with Gasteiger partial charge in [-0.15, -0.1) is 0 Å². The van der Waals surface area contributed by atoms with Gasteiger partial charge in [0.2, 0.25) is 0 Å². The van der Waals surface area contributed by atoms with Crippen LogP contribution in [0.25, 0.3) is 0 Å². The lowest BCUT2D eigenvalue weighted by molar-refractivity contribution is -0.234. The summed E-state index contributed by atoms with van der Waals surface area (Å²) < 4.78 is 51.4. The zero-order chi connectivity index (χ0) is 28.5. The summed E-state index contributed by atoms with van der Waals surface area (Å²) in [4.78, 5) is 28.9. The molecule has 2 saturated heterocycles. The Balaban J connectivity index is 1.42. The van der Waals surface area contributed by atoms with Gasteiger partial charge in [0.25, 0.3) is 0 Å². The number of carbonyl (C=O) groups is 1. The van der Waals surface area contributed by atoms with Crippen LogP contribution in [0.1, 0.15) is 52.7 Å². The first-order valence-corrected chi connectivity index (χ1v) is 14.9. The number of para-hydroxylation sites is 1. The quantitative estimate of drug-likeness (QED) is 0.314. The summed E-state index contributed by atoms with van der Waals surface area (Å²) in [6.45, 7) is 4.78. The molecule has 2 aliphatic heterocycles. The van der Waals surface area contributed by atoms with Gasteiger partial charge in [0.15, 0.2) is 12.0 Å². The van der Waals surface area contributed by atoms with Crippen LogP contribution >= 0.6 is 7.75 Å². The zero-order valence-electron chi connectivity index (χ0n) is 22.7. The number of nitrogens with one attached hydrogen (secondary N) is 1. The number of esters is 1. The summed E-state index contributed by atoms with van der Waals surface area (Å²) in [6.07, 6.45) is 2.53. The van der Waals surface area contributed by atoms with Crippen LogP contribution in [-0.4, -0.2) is 58.4 Å². The van der Waals surface area contributed by atoms with Crippen molar-refractivity contribution in [3.63, 3.8) is 0 Å². The number of hydrogen-bond donors (Lipinski definition) is 2. The van der Waals surface area contributed by atoms with E-state index in [0.717, 1.165) is 12.8 Å². The van der Waals surface area contributed by atoms with Crippen LogP contribution in [0.2, 0.25) is 0 Å². The van der Waals surface area contributed by atoms with E-state index in [1.54, 1.807) is 44.2 Å². The molecule has 1 unspecified atom stereocenters. The van der Waals surface area contributed by atoms with E-state index in [2.05, 4.69) is 10.1 Å². The minimum atomic E-state index is -4.17. The maximum Gasteiger partial charge on any atom is 0.459 e. The number of carbonyl (C=O) groups excluding carboxylic acids is 1. The SMILES string of the molecule is CCOC(=O)[C@H](C)NP(=O)(OC[C@@]1(C)O[C@@H](n2ccc(N)nc2=O)[C@@H]2OC3(CCCC3)O[C@@H]21)Oc1ccccc1. The van der Waals surface area contributed by atoms with Crippen molar-refractivity contribution in [1.29, 1.82) is 0 Å². The first-order chi connectivity index (χ1) is 19.1. The van der Waals surface area contributed by atoms with Gasteiger partial charge in [-0.1, -0.05) is 18.2 Å². The van der Waals surface area contributed by atoms with Gasteiger partial charge in [0.1, 0.15) is 35.4 Å². The Kier molecular flexibility index (Phi) is 8.06. The van der Waals surface area contributed by atoms with Crippen LogP contribution in [0.5, 0.6) is 5.75 Å². The van der Waals surface area contributed by atoms with Crippen molar-refractivity contribution in [3.05, 3.63) is 53.1 Å². The number of aromatic nitrogens is 2. The van der Waals surface area contributed by atoms with Gasteiger partial charge < -0.3 is 29.2 Å². The Labute approximate surface area is 231 Å². The highest BCUT2D eigenvalue weighted by atomic mass is 31.2. The summed E-state index contributed by atoms with van der Waals surface area (Å²) in [5.74, 6) is -1.06. The Morgan fingerprint density at radius 3 is 2.62 bits per heavy atom. The minimum Gasteiger partial charge on any atom is -0.465 e. The van der Waals surface area contributed by atoms with Crippen molar-refractivity contribution in [2.75, 3.05) is 18.9 Å². The molecule has 1 aromatic carbocycles. The smallest absolute Gasteiger partial charge is 0.459 e. The van der Waals surface area contributed by atoms with E-state index >= 15 is 0 Å². The third-order valence-electron chi connectivity index (χ3n) is 7.24. The van der Waals surface area contributed by atoms with Gasteiger partial charge in [0, 0.05) is 19.0 Å². The van der Waals surface area contributed by atoms with Crippen LogP contribution in [0.15, 0.2) is 47.4 Å². The van der Waals surface area contributed by atoms with Crippen LogP contribution in [0, 0.1) is 0 Å². The fraction of sp³-hybridized carbons (Fsp3) is 0.577. The minimum absolute atomic E-state index is 0.0820. The van der Waals surface area contributed by atoms with Crippen LogP contribution in [0.4, 0.5) is 5.82 Å². The zero-order valence-corrected chi connectivity index (χ0v) is 23.6. The molecule has 0 amide bonds. The molecule has 3 fully saturated rings. The molecule has 5 rings (SSSR count). The number of rotatable bonds is 10. The number of nitrogens with zero attached hydrogens (tertiary/aromatic N) is 2. The molecule has 14 heteroatoms. The summed E-state index contributed by atoms with van der Waals surface area (Å²) in [5.41, 5.74) is 3.86. The Morgan fingerprint density at radius 2 is 1.95 bits per heavy atom. The Bertz CT molecular complexity index is 1320. The van der Waals surface area contributed by atoms with Crippen molar-refractivity contribution in [2.45, 2.75) is 82.3 Å². The Hall–Kier alpha value is -2.80. The predicted molar refractivity (Wildman–Crippen MR) is 142 cm³/mol. The number of benzene rings is 1. The van der Waals surface area contributed by atoms with E-state index in [1.807, 2.05) is 0 Å². The first kappa shape index (κ1) is 28.7. The second-order valence-electron chi connectivity index (χ2n) is 10.4. The molecule has 6 atom stereocenters. The standard InChI is InChI=1S/C26H35N4O9P/c1-4-34-23(31)17(2)29-40(33,39-18-10-6-5-7-11-18)35-16-25(3)21-20(36-26(37-21)13-8-9-14-26)22(38-25)30-15-12-19(27)28-24(30)32/h5-7,10-12,15,17,20-22H,4,8-9,13-14,16H2,1-3H3,(H,29,33)(H2,27,28,32)/t17-,20+,21-,22+,25+,40?/m0/s1. The fourth-order valence-electron chi connectivity index (χ4n) is 5.31. The molecule has 1 aliphatic carbocycles. The molecule has 40 heavy (non-hydrogen) atoms. The van der Waals surface area contributed by atoms with Gasteiger partial charge in [-0.3, -0.25) is 13.9 Å². The first-order valence-electron chi connectivity index (χ1n) is 13.4. The molecular formula is C26H35N4O9P. The molecule has 0 radical (unpaired) electrons. The average molecular weight is 579 g/mol. The number of nitrogens with two attached hydrogens (primary N) is 1. The van der Waals surface area contributed by atoms with Gasteiger partial charge >= 0.3 is 19.4 Å². The molecular weight excluding hydrogens is 543 g/mol. The van der Waals surface area contributed by atoms with Crippen molar-refractivity contribution in [1.82, 2.24) is 14.6 Å². The molecule has 3 aliphatic rings. The molecule has 3 heterocycles. The number of hydrogen-bond acceptors (Lipinski definition) is 11. The summed E-state index contributed by atoms with van der Waals surface area (Å²) in [6, 6.07) is 8.94. The number of nitrogen functional groups attached to an aromatic ring is 1. The van der Waals surface area contributed by atoms with Gasteiger partial charge in [-0.2, -0.15) is 10.1 Å². The highest BCUT2D eigenvalue weighted by Gasteiger charge is 2.64. The second kappa shape index (κ2) is 11.2. The lowest BCUT2D eigenvalue weighted by Crippen LogP contribution is -2.45. The molecule has 218 valence electrons. The highest BCUT2D eigenvalue weighted by Crippen LogP contribution is 2.54. The lowest BCUT2D eigenvalue weighted by Gasteiger charge is -2.33. The molecule has 3 N–H and O–H groups in total. The van der Waals surface area contributed by atoms with Gasteiger partial charge in [-0.25, -0.2) is 9.36 Å². The topological polar surface area (TPSA) is 162 Å². The van der Waals surface area contributed by atoms with Crippen molar-refractivity contribution in [3.8, 4) is 5.75 Å². The normalized spacial score (nSPS) is 29.1. The highest BCUT2D eigenvalue weighted by molar-refractivity contribution is 7.52. The lowest BCUT2D eigenvalue weighted by atomic mass is 9.98. The van der Waals surface area contributed by atoms with Crippen molar-refractivity contribution in [2.24, 2.45) is 0 Å². The third kappa shape index (κ3) is 5.81. The largest absolute Gasteiger partial charge is 0.465 e. The molecule has 13 nitrogen and oxygen atoms in total. The van der Waals surface area contributed by atoms with E-state index in [-0.39, 0.29) is 24.8 Å². The van der Waals surface area contributed by atoms with Crippen molar-refractivity contribution < 1.29 is 37.4 Å². The second-order valence-corrected chi connectivity index (χ2v) is 12.1. The Morgan fingerprint density at radius 1 is 1.23 bits per heavy atom. The van der Waals surface area contributed by atoms with Crippen LogP contribution in [0.3, 0.4) is 0 Å². The van der Waals surface area contributed by atoms with Crippen molar-refractivity contribution >= 4 is 19.5 Å². The maximum atomic E-state index is 14.0.